The zero-order valence-corrected chi connectivity index (χ0v) is 11.9. The predicted octanol–water partition coefficient (Wildman–Crippen LogP) is 4.95. The molecule has 0 aliphatic rings. The van der Waals surface area contributed by atoms with Gasteiger partial charge in [-0.1, -0.05) is 54.4 Å². The average molecular weight is 299 g/mol. The molecule has 0 aliphatic carbocycles. The maximum atomic E-state index is 6.25. The largest absolute Gasteiger partial charge is 0.255 e. The van der Waals surface area contributed by atoms with E-state index in [0.29, 0.717) is 0 Å². The van der Waals surface area contributed by atoms with Gasteiger partial charge in [0.05, 0.1) is 10.5 Å². The van der Waals surface area contributed by atoms with Gasteiger partial charge in [0.2, 0.25) is 0 Å². The number of aromatic nitrogens is 1. The van der Waals surface area contributed by atoms with Gasteiger partial charge in [0, 0.05) is 16.1 Å². The first-order valence-corrected chi connectivity index (χ1v) is 6.31. The van der Waals surface area contributed by atoms with Crippen molar-refractivity contribution in [2.24, 2.45) is 0 Å². The Labute approximate surface area is 109 Å². The van der Waals surface area contributed by atoms with Crippen molar-refractivity contribution in [2.75, 3.05) is 0 Å². The molecular formula is C13H13BrClN. The van der Waals surface area contributed by atoms with Gasteiger partial charge in [0.1, 0.15) is 0 Å². The van der Waals surface area contributed by atoms with E-state index in [0.717, 1.165) is 26.0 Å². The predicted molar refractivity (Wildman–Crippen MR) is 73.2 cm³/mol. The number of fused-ring (bicyclic) bond motifs is 1. The summed E-state index contributed by atoms with van der Waals surface area (Å²) in [5, 5.41) is 1.87. The third-order valence-electron chi connectivity index (χ3n) is 2.53. The molecule has 2 rings (SSSR count). The third kappa shape index (κ3) is 2.09. The second-order valence-electron chi connectivity index (χ2n) is 4.89. The highest BCUT2D eigenvalue weighted by Crippen LogP contribution is 2.35. The van der Waals surface area contributed by atoms with Crippen LogP contribution in [0.3, 0.4) is 0 Å². The van der Waals surface area contributed by atoms with E-state index in [-0.39, 0.29) is 5.41 Å². The van der Waals surface area contributed by atoms with E-state index < -0.39 is 0 Å². The summed E-state index contributed by atoms with van der Waals surface area (Å²) in [7, 11) is 0. The highest BCUT2D eigenvalue weighted by atomic mass is 79.9. The normalized spacial score (nSPS) is 12.1. The van der Waals surface area contributed by atoms with E-state index in [1.807, 2.05) is 12.1 Å². The molecule has 1 aromatic carbocycles. The first-order chi connectivity index (χ1) is 7.39. The van der Waals surface area contributed by atoms with Gasteiger partial charge in [-0.25, -0.2) is 0 Å². The zero-order valence-electron chi connectivity index (χ0n) is 9.51. The minimum Gasteiger partial charge on any atom is -0.255 e. The Morgan fingerprint density at radius 3 is 2.56 bits per heavy atom. The maximum Gasteiger partial charge on any atom is 0.0717 e. The molecule has 0 atom stereocenters. The molecule has 2 aromatic rings. The lowest BCUT2D eigenvalue weighted by atomic mass is 9.85. The van der Waals surface area contributed by atoms with Gasteiger partial charge in [0.15, 0.2) is 0 Å². The molecule has 0 bridgehead atoms. The van der Waals surface area contributed by atoms with Gasteiger partial charge >= 0.3 is 0 Å². The number of hydrogen-bond donors (Lipinski definition) is 0. The molecule has 84 valence electrons. The number of pyridine rings is 1. The lowest BCUT2D eigenvalue weighted by Crippen LogP contribution is -2.13. The van der Waals surface area contributed by atoms with E-state index in [1.54, 1.807) is 6.20 Å². The summed E-state index contributed by atoms with van der Waals surface area (Å²) in [4.78, 5) is 4.35. The Morgan fingerprint density at radius 2 is 1.94 bits per heavy atom. The lowest BCUT2D eigenvalue weighted by Gasteiger charge is -2.22. The van der Waals surface area contributed by atoms with Crippen LogP contribution < -0.4 is 0 Å². The van der Waals surface area contributed by atoms with Gasteiger partial charge in [-0.3, -0.25) is 4.98 Å². The molecule has 0 saturated heterocycles. The molecule has 3 heteroatoms. The monoisotopic (exact) mass is 297 g/mol. The Balaban J connectivity index is 2.85. The van der Waals surface area contributed by atoms with E-state index in [1.165, 1.54) is 0 Å². The van der Waals surface area contributed by atoms with Crippen LogP contribution in [0.15, 0.2) is 28.9 Å². The third-order valence-corrected chi connectivity index (χ3v) is 3.31. The van der Waals surface area contributed by atoms with Gasteiger partial charge in [-0.05, 0) is 23.1 Å². The van der Waals surface area contributed by atoms with Gasteiger partial charge in [-0.2, -0.15) is 0 Å². The number of benzene rings is 1. The summed E-state index contributed by atoms with van der Waals surface area (Å²) in [6.45, 7) is 6.49. The Morgan fingerprint density at radius 1 is 1.25 bits per heavy atom. The Hall–Kier alpha value is -0.600. The van der Waals surface area contributed by atoms with Crippen LogP contribution in [0.1, 0.15) is 26.3 Å². The molecule has 1 aromatic heterocycles. The van der Waals surface area contributed by atoms with Gasteiger partial charge in [-0.15, -0.1) is 0 Å². The molecule has 0 fully saturated rings. The van der Waals surface area contributed by atoms with Crippen LogP contribution in [0, 0.1) is 0 Å². The molecular weight excluding hydrogens is 286 g/mol. The van der Waals surface area contributed by atoms with Crippen LogP contribution in [-0.2, 0) is 5.41 Å². The number of nitrogens with zero attached hydrogens (tertiary/aromatic N) is 1. The molecule has 16 heavy (non-hydrogen) atoms. The van der Waals surface area contributed by atoms with Gasteiger partial charge < -0.3 is 0 Å². The van der Waals surface area contributed by atoms with Crippen molar-refractivity contribution in [1.29, 1.82) is 0 Å². The molecule has 0 aliphatic heterocycles. The first kappa shape index (κ1) is 11.9. The van der Waals surface area contributed by atoms with Crippen molar-refractivity contribution in [3.05, 3.63) is 39.5 Å². The molecule has 0 unspecified atom stereocenters. The summed E-state index contributed by atoms with van der Waals surface area (Å²) in [5.41, 5.74) is 2.15. The van der Waals surface area contributed by atoms with Crippen molar-refractivity contribution >= 4 is 38.4 Å². The summed E-state index contributed by atoms with van der Waals surface area (Å²) in [5.74, 6) is 0. The smallest absolute Gasteiger partial charge is 0.0717 e. The van der Waals surface area contributed by atoms with Crippen LogP contribution in [0.5, 0.6) is 0 Å². The maximum absolute atomic E-state index is 6.25. The fraction of sp³-hybridized carbons (Fsp3) is 0.308. The summed E-state index contributed by atoms with van der Waals surface area (Å²) in [6.07, 6.45) is 1.73. The summed E-state index contributed by atoms with van der Waals surface area (Å²) in [6, 6.07) is 6.11. The van der Waals surface area contributed by atoms with Gasteiger partial charge in [0.25, 0.3) is 0 Å². The standard InChI is InChI=1S/C13H13BrClN/c1-13(2,3)12-9-5-4-8(14)6-11(9)16-7-10(12)15/h4-7H,1-3H3. The molecule has 0 saturated carbocycles. The average Bonchev–Trinajstić information content (AvgIpc) is 2.16. The van der Waals surface area contributed by atoms with E-state index in [2.05, 4.69) is 47.8 Å². The SMILES string of the molecule is CC(C)(C)c1c(Cl)cnc2cc(Br)ccc12. The molecule has 0 amide bonds. The quantitative estimate of drug-likeness (QED) is 0.670. The first-order valence-electron chi connectivity index (χ1n) is 5.14. The van der Waals surface area contributed by atoms with Crippen LogP contribution in [0.25, 0.3) is 10.9 Å². The zero-order chi connectivity index (χ0) is 11.9. The highest BCUT2D eigenvalue weighted by Gasteiger charge is 2.20. The fourth-order valence-corrected chi connectivity index (χ4v) is 2.69. The van der Waals surface area contributed by atoms with Crippen LogP contribution >= 0.6 is 27.5 Å². The molecule has 0 spiro atoms. The van der Waals surface area contributed by atoms with Crippen LogP contribution in [0.4, 0.5) is 0 Å². The van der Waals surface area contributed by atoms with Crippen molar-refractivity contribution < 1.29 is 0 Å². The number of hydrogen-bond acceptors (Lipinski definition) is 1. The van der Waals surface area contributed by atoms with Crippen molar-refractivity contribution in [2.45, 2.75) is 26.2 Å². The van der Waals surface area contributed by atoms with E-state index >= 15 is 0 Å². The van der Waals surface area contributed by atoms with Crippen molar-refractivity contribution in [1.82, 2.24) is 4.98 Å². The topological polar surface area (TPSA) is 12.9 Å². The Bertz CT molecular complexity index is 543. The number of rotatable bonds is 0. The second-order valence-corrected chi connectivity index (χ2v) is 6.22. The molecule has 0 N–H and O–H groups in total. The number of halogens is 2. The molecule has 1 heterocycles. The van der Waals surface area contributed by atoms with E-state index in [4.69, 9.17) is 11.6 Å². The summed E-state index contributed by atoms with van der Waals surface area (Å²) < 4.78 is 1.04. The Kier molecular flexibility index (Phi) is 2.97. The lowest BCUT2D eigenvalue weighted by molar-refractivity contribution is 0.595. The second kappa shape index (κ2) is 4.01. The molecule has 0 radical (unpaired) electrons. The summed E-state index contributed by atoms with van der Waals surface area (Å²) >= 11 is 9.71. The van der Waals surface area contributed by atoms with Crippen molar-refractivity contribution in [3.8, 4) is 0 Å². The van der Waals surface area contributed by atoms with E-state index in [9.17, 15) is 0 Å². The minimum atomic E-state index is 0.0199. The van der Waals surface area contributed by atoms with Crippen molar-refractivity contribution in [3.63, 3.8) is 0 Å². The van der Waals surface area contributed by atoms with Crippen LogP contribution in [-0.4, -0.2) is 4.98 Å². The highest BCUT2D eigenvalue weighted by molar-refractivity contribution is 9.10. The minimum absolute atomic E-state index is 0.0199. The fourth-order valence-electron chi connectivity index (χ4n) is 1.90. The van der Waals surface area contributed by atoms with Crippen LogP contribution in [0.2, 0.25) is 5.02 Å². The molecule has 1 nitrogen and oxygen atoms in total.